The van der Waals surface area contributed by atoms with Crippen LogP contribution in [0.25, 0.3) is 0 Å². The van der Waals surface area contributed by atoms with Gasteiger partial charge in [-0.05, 0) is 66.8 Å². The molecule has 0 spiro atoms. The standard InChI is InChI=1S/C30H33F3N2O3S/c1-2-3-26(20-30(36)37)25-8-12-28(13-9-25)38-22-24-6-4-23(5-7-24)21-34-16-18-35(19-17-34)27-10-14-29(15-11-27)39(31,32)33/h4-8,10-15,25-26H,9,16-22H2,1H3,(H,36,37). The number of halogens is 3. The van der Waals surface area contributed by atoms with E-state index in [1.165, 1.54) is 17.7 Å². The number of hydrogen-bond donors (Lipinski definition) is 1. The molecular formula is C30H33F3N2O3S. The highest BCUT2D eigenvalue weighted by Gasteiger charge is 2.25. The largest absolute Gasteiger partial charge is 0.489 e. The Morgan fingerprint density at radius 1 is 1.05 bits per heavy atom. The first kappa shape index (κ1) is 28.7. The highest BCUT2D eigenvalue weighted by atomic mass is 32.3. The van der Waals surface area contributed by atoms with Gasteiger partial charge < -0.3 is 14.7 Å². The zero-order valence-electron chi connectivity index (χ0n) is 21.9. The second-order valence-corrected chi connectivity index (χ2v) is 11.0. The molecule has 1 heterocycles. The van der Waals surface area contributed by atoms with Gasteiger partial charge in [-0.2, -0.15) is 0 Å². The van der Waals surface area contributed by atoms with Crippen molar-refractivity contribution in [2.75, 3.05) is 31.1 Å². The van der Waals surface area contributed by atoms with E-state index in [1.807, 2.05) is 18.2 Å². The number of nitrogens with zero attached hydrogens (tertiary/aromatic N) is 2. The number of carbonyl (C=O) groups is 1. The number of aliphatic carboxylic acids is 1. The van der Waals surface area contributed by atoms with E-state index in [0.717, 1.165) is 49.7 Å². The van der Waals surface area contributed by atoms with Gasteiger partial charge in [-0.15, -0.1) is 17.6 Å². The smallest absolute Gasteiger partial charge is 0.304 e. The first-order valence-electron chi connectivity index (χ1n) is 12.9. The maximum Gasteiger partial charge on any atom is 0.304 e. The summed E-state index contributed by atoms with van der Waals surface area (Å²) in [4.78, 5) is 15.1. The van der Waals surface area contributed by atoms with E-state index in [4.69, 9.17) is 9.84 Å². The normalized spacial score (nSPS) is 19.0. The Kier molecular flexibility index (Phi) is 9.65. The Labute approximate surface area is 230 Å². The van der Waals surface area contributed by atoms with Gasteiger partial charge in [0.1, 0.15) is 12.4 Å². The van der Waals surface area contributed by atoms with Gasteiger partial charge in [-0.25, -0.2) is 0 Å². The molecule has 1 aliphatic heterocycles. The van der Waals surface area contributed by atoms with Crippen LogP contribution in [0.3, 0.4) is 0 Å². The predicted molar refractivity (Wildman–Crippen MR) is 149 cm³/mol. The zero-order chi connectivity index (χ0) is 27.8. The van der Waals surface area contributed by atoms with Gasteiger partial charge in [-0.1, -0.05) is 36.3 Å². The van der Waals surface area contributed by atoms with E-state index in [-0.39, 0.29) is 18.3 Å². The molecule has 2 atom stereocenters. The maximum atomic E-state index is 12.9. The van der Waals surface area contributed by atoms with Gasteiger partial charge in [0.15, 0.2) is 0 Å². The molecule has 5 nitrogen and oxygen atoms in total. The van der Waals surface area contributed by atoms with Crippen molar-refractivity contribution in [2.24, 2.45) is 11.8 Å². The molecule has 0 saturated carbocycles. The summed E-state index contributed by atoms with van der Waals surface area (Å²) in [6.45, 7) is 6.22. The third-order valence-electron chi connectivity index (χ3n) is 7.02. The van der Waals surface area contributed by atoms with Crippen LogP contribution in [0.5, 0.6) is 0 Å². The van der Waals surface area contributed by atoms with Crippen LogP contribution in [0.15, 0.2) is 77.4 Å². The number of carboxylic acid groups (broad SMARTS) is 1. The number of rotatable bonds is 10. The fraction of sp³-hybridized carbons (Fsp3) is 0.367. The molecule has 1 N–H and O–H groups in total. The summed E-state index contributed by atoms with van der Waals surface area (Å²) in [6.07, 6.45) is 6.62. The number of anilines is 1. The Balaban J connectivity index is 1.20. The minimum atomic E-state index is -5.18. The number of carboxylic acids is 1. The second-order valence-electron chi connectivity index (χ2n) is 9.73. The van der Waals surface area contributed by atoms with Gasteiger partial charge in [0.25, 0.3) is 0 Å². The van der Waals surface area contributed by atoms with Crippen LogP contribution < -0.4 is 4.90 Å². The number of ether oxygens (including phenoxy) is 1. The van der Waals surface area contributed by atoms with Crippen molar-refractivity contribution in [1.29, 1.82) is 0 Å². The molecule has 1 aliphatic carbocycles. The van der Waals surface area contributed by atoms with Crippen molar-refractivity contribution in [1.82, 2.24) is 4.90 Å². The molecule has 0 bridgehead atoms. The van der Waals surface area contributed by atoms with Gasteiger partial charge in [0.2, 0.25) is 11.2 Å². The van der Waals surface area contributed by atoms with E-state index in [9.17, 15) is 16.5 Å². The summed E-state index contributed by atoms with van der Waals surface area (Å²) in [6, 6.07) is 13.8. The summed E-state index contributed by atoms with van der Waals surface area (Å²) < 4.78 is 44.6. The van der Waals surface area contributed by atoms with Crippen LogP contribution in [0.1, 0.15) is 30.9 Å². The topological polar surface area (TPSA) is 53.0 Å². The average molecular weight is 559 g/mol. The monoisotopic (exact) mass is 558 g/mol. The molecule has 1 saturated heterocycles. The van der Waals surface area contributed by atoms with E-state index >= 15 is 0 Å². The Morgan fingerprint density at radius 3 is 2.28 bits per heavy atom. The molecule has 39 heavy (non-hydrogen) atoms. The minimum Gasteiger partial charge on any atom is -0.489 e. The summed E-state index contributed by atoms with van der Waals surface area (Å²) in [5.41, 5.74) is 3.09. The molecule has 2 aliphatic rings. The Bertz CT molecular complexity index is 1240. The fourth-order valence-electron chi connectivity index (χ4n) is 4.85. The molecular weight excluding hydrogens is 525 g/mol. The molecule has 0 amide bonds. The van der Waals surface area contributed by atoms with Crippen LogP contribution in [-0.2, 0) is 22.7 Å². The molecule has 2 unspecified atom stereocenters. The van der Waals surface area contributed by atoms with Crippen molar-refractivity contribution >= 4 is 22.8 Å². The number of allylic oxidation sites excluding steroid dienone is 3. The number of hydrogen-bond acceptors (Lipinski definition) is 4. The van der Waals surface area contributed by atoms with Crippen LogP contribution in [0.2, 0.25) is 0 Å². The third kappa shape index (κ3) is 8.32. The molecule has 1 fully saturated rings. The molecule has 4 rings (SSSR count). The molecule has 208 valence electrons. The zero-order valence-corrected chi connectivity index (χ0v) is 22.7. The average Bonchev–Trinajstić information content (AvgIpc) is 2.93. The first-order chi connectivity index (χ1) is 18.7. The van der Waals surface area contributed by atoms with Crippen molar-refractivity contribution in [2.45, 2.75) is 37.8 Å². The van der Waals surface area contributed by atoms with E-state index in [1.54, 1.807) is 19.1 Å². The summed E-state index contributed by atoms with van der Waals surface area (Å²) in [5.74, 6) is 5.65. The quantitative estimate of drug-likeness (QED) is 0.321. The fourth-order valence-corrected chi connectivity index (χ4v) is 5.29. The molecule has 9 heteroatoms. The van der Waals surface area contributed by atoms with Crippen LogP contribution in [0.4, 0.5) is 17.3 Å². The van der Waals surface area contributed by atoms with E-state index in [0.29, 0.717) is 13.0 Å². The maximum absolute atomic E-state index is 12.9. The Hall–Kier alpha value is -3.35. The highest BCUT2D eigenvalue weighted by molar-refractivity contribution is 8.20. The van der Waals surface area contributed by atoms with Gasteiger partial charge in [0.05, 0.1) is 11.3 Å². The van der Waals surface area contributed by atoms with Crippen molar-refractivity contribution in [3.05, 3.63) is 83.6 Å². The summed E-state index contributed by atoms with van der Waals surface area (Å²) >= 11 is -5.18. The van der Waals surface area contributed by atoms with Crippen molar-refractivity contribution < 1.29 is 26.3 Å². The SMILES string of the molecule is CC#CC(CC(=O)O)C1C=CC(OCc2ccc(CN3CCN(c4ccc(S(F)(F)F)cc4)CC3)cc2)=CC1. The first-order valence-corrected chi connectivity index (χ1v) is 14.3. The lowest BCUT2D eigenvalue weighted by Crippen LogP contribution is -2.45. The van der Waals surface area contributed by atoms with E-state index in [2.05, 4.69) is 45.9 Å². The predicted octanol–water partition coefficient (Wildman–Crippen LogP) is 6.92. The van der Waals surface area contributed by atoms with Gasteiger partial charge in [0, 0.05) is 44.3 Å². The van der Waals surface area contributed by atoms with Crippen LogP contribution in [-0.4, -0.2) is 42.2 Å². The lowest BCUT2D eigenvalue weighted by Gasteiger charge is -2.36. The summed E-state index contributed by atoms with van der Waals surface area (Å²) in [5, 5.41) is 9.13. The minimum absolute atomic E-state index is 0.0295. The lowest BCUT2D eigenvalue weighted by atomic mass is 9.85. The van der Waals surface area contributed by atoms with Crippen molar-refractivity contribution in [3.8, 4) is 11.8 Å². The lowest BCUT2D eigenvalue weighted by molar-refractivity contribution is -0.137. The third-order valence-corrected chi connectivity index (χ3v) is 7.82. The molecule has 2 aromatic carbocycles. The Morgan fingerprint density at radius 2 is 1.72 bits per heavy atom. The van der Waals surface area contributed by atoms with Crippen LogP contribution in [0, 0.1) is 23.7 Å². The molecule has 0 radical (unpaired) electrons. The number of piperazine rings is 1. The summed E-state index contributed by atoms with van der Waals surface area (Å²) in [7, 11) is 0. The molecule has 2 aromatic rings. The van der Waals surface area contributed by atoms with E-state index < -0.39 is 22.1 Å². The second kappa shape index (κ2) is 13.1. The van der Waals surface area contributed by atoms with Crippen LogP contribution >= 0.6 is 11.2 Å². The highest BCUT2D eigenvalue weighted by Crippen LogP contribution is 2.60. The van der Waals surface area contributed by atoms with Crippen molar-refractivity contribution in [3.63, 3.8) is 0 Å². The van der Waals surface area contributed by atoms with Gasteiger partial charge >= 0.3 is 5.97 Å². The van der Waals surface area contributed by atoms with Gasteiger partial charge in [-0.3, -0.25) is 9.69 Å². The molecule has 0 aromatic heterocycles. The number of benzene rings is 2.